The van der Waals surface area contributed by atoms with E-state index in [4.69, 9.17) is 9.47 Å². The summed E-state index contributed by atoms with van der Waals surface area (Å²) in [6.45, 7) is 15.6. The van der Waals surface area contributed by atoms with Gasteiger partial charge in [0.2, 0.25) is 0 Å². The SMILES string of the molecule is C=Cc1c(C)cccc1COc1cccc(OCc2ccc(C(C)(C)C)cc2)c1.CCC(=O)C1CC1. The lowest BCUT2D eigenvalue weighted by atomic mass is 9.87. The van der Waals surface area contributed by atoms with Crippen LogP contribution in [-0.2, 0) is 23.4 Å². The van der Waals surface area contributed by atoms with Crippen molar-refractivity contribution in [2.45, 2.75) is 72.5 Å². The molecule has 1 saturated carbocycles. The lowest BCUT2D eigenvalue weighted by Gasteiger charge is -2.19. The molecule has 3 aromatic carbocycles. The van der Waals surface area contributed by atoms with Crippen LogP contribution in [0.4, 0.5) is 0 Å². The van der Waals surface area contributed by atoms with Crippen LogP contribution in [0.5, 0.6) is 11.5 Å². The molecule has 0 amide bonds. The summed E-state index contributed by atoms with van der Waals surface area (Å²) in [5, 5.41) is 0. The van der Waals surface area contributed by atoms with Crippen LogP contribution in [0.1, 0.15) is 74.8 Å². The van der Waals surface area contributed by atoms with Gasteiger partial charge in [0.1, 0.15) is 30.5 Å². The molecule has 4 rings (SSSR count). The Kier molecular flexibility index (Phi) is 9.52. The average molecular weight is 485 g/mol. The highest BCUT2D eigenvalue weighted by molar-refractivity contribution is 5.82. The summed E-state index contributed by atoms with van der Waals surface area (Å²) in [6, 6.07) is 22.6. The summed E-state index contributed by atoms with van der Waals surface area (Å²) >= 11 is 0. The predicted octanol–water partition coefficient (Wildman–Crippen LogP) is 8.47. The number of ketones is 1. The minimum absolute atomic E-state index is 0.161. The molecule has 0 radical (unpaired) electrons. The monoisotopic (exact) mass is 484 g/mol. The Morgan fingerprint density at radius 1 is 0.944 bits per heavy atom. The van der Waals surface area contributed by atoms with E-state index in [0.717, 1.165) is 47.5 Å². The number of hydrogen-bond donors (Lipinski definition) is 0. The summed E-state index contributed by atoms with van der Waals surface area (Å²) in [4.78, 5) is 10.6. The average Bonchev–Trinajstić information content (AvgIpc) is 3.72. The fourth-order valence-corrected chi connectivity index (χ4v) is 3.94. The summed E-state index contributed by atoms with van der Waals surface area (Å²) < 4.78 is 12.0. The maximum Gasteiger partial charge on any atom is 0.135 e. The minimum atomic E-state index is 0.161. The van der Waals surface area contributed by atoms with E-state index in [-0.39, 0.29) is 5.41 Å². The van der Waals surface area contributed by atoms with Gasteiger partial charge >= 0.3 is 0 Å². The maximum atomic E-state index is 10.6. The molecule has 1 aliphatic rings. The summed E-state index contributed by atoms with van der Waals surface area (Å²) in [7, 11) is 0. The molecule has 0 aliphatic heterocycles. The Hall–Kier alpha value is -3.33. The van der Waals surface area contributed by atoms with Crippen molar-refractivity contribution in [3.05, 3.63) is 101 Å². The van der Waals surface area contributed by atoms with Crippen molar-refractivity contribution in [2.24, 2.45) is 5.92 Å². The van der Waals surface area contributed by atoms with Gasteiger partial charge in [-0.3, -0.25) is 4.79 Å². The van der Waals surface area contributed by atoms with Crippen molar-refractivity contribution in [2.75, 3.05) is 0 Å². The molecule has 0 unspecified atom stereocenters. The fraction of sp³-hybridized carbons (Fsp3) is 0.364. The summed E-state index contributed by atoms with van der Waals surface area (Å²) in [6.07, 6.45) is 4.95. The number of benzene rings is 3. The van der Waals surface area contributed by atoms with E-state index in [2.05, 4.69) is 70.7 Å². The van der Waals surface area contributed by atoms with Crippen molar-refractivity contribution in [3.63, 3.8) is 0 Å². The number of ether oxygens (including phenoxy) is 2. The molecule has 0 heterocycles. The molecule has 0 spiro atoms. The number of aryl methyl sites for hydroxylation is 1. The molecular weight excluding hydrogens is 444 g/mol. The van der Waals surface area contributed by atoms with Crippen LogP contribution in [0.15, 0.2) is 73.3 Å². The second-order valence-electron chi connectivity index (χ2n) is 10.4. The Balaban J connectivity index is 0.000000444. The van der Waals surface area contributed by atoms with Gasteiger partial charge in [0.25, 0.3) is 0 Å². The van der Waals surface area contributed by atoms with Crippen LogP contribution in [0.2, 0.25) is 0 Å². The van der Waals surface area contributed by atoms with E-state index in [1.165, 1.54) is 11.1 Å². The number of carbonyl (C=O) groups excluding carboxylic acids is 1. The van der Waals surface area contributed by atoms with Gasteiger partial charge in [-0.05, 0) is 65.1 Å². The van der Waals surface area contributed by atoms with Gasteiger partial charge in [-0.2, -0.15) is 0 Å². The van der Waals surface area contributed by atoms with Crippen molar-refractivity contribution >= 4 is 11.9 Å². The maximum absolute atomic E-state index is 10.6. The molecule has 0 N–H and O–H groups in total. The zero-order chi connectivity index (χ0) is 26.1. The first-order valence-corrected chi connectivity index (χ1v) is 12.9. The number of hydrogen-bond acceptors (Lipinski definition) is 3. The molecule has 3 nitrogen and oxygen atoms in total. The molecule has 0 bridgehead atoms. The first-order chi connectivity index (χ1) is 17.2. The van der Waals surface area contributed by atoms with Gasteiger partial charge in [0.05, 0.1) is 0 Å². The zero-order valence-electron chi connectivity index (χ0n) is 22.5. The lowest BCUT2D eigenvalue weighted by Crippen LogP contribution is -2.10. The molecular formula is C33H40O3. The smallest absolute Gasteiger partial charge is 0.135 e. The zero-order valence-corrected chi connectivity index (χ0v) is 22.5. The molecule has 3 aromatic rings. The predicted molar refractivity (Wildman–Crippen MR) is 150 cm³/mol. The van der Waals surface area contributed by atoms with E-state index in [9.17, 15) is 4.79 Å². The van der Waals surface area contributed by atoms with Crippen LogP contribution in [0, 0.1) is 12.8 Å². The van der Waals surface area contributed by atoms with Crippen molar-refractivity contribution in [1.29, 1.82) is 0 Å². The highest BCUT2D eigenvalue weighted by atomic mass is 16.5. The fourth-order valence-electron chi connectivity index (χ4n) is 3.94. The van der Waals surface area contributed by atoms with Crippen molar-refractivity contribution in [1.82, 2.24) is 0 Å². The Morgan fingerprint density at radius 3 is 2.08 bits per heavy atom. The summed E-state index contributed by atoms with van der Waals surface area (Å²) in [5.41, 5.74) is 6.11. The molecule has 0 saturated heterocycles. The van der Waals surface area contributed by atoms with Crippen molar-refractivity contribution in [3.8, 4) is 11.5 Å². The third-order valence-electron chi connectivity index (χ3n) is 6.43. The van der Waals surface area contributed by atoms with Gasteiger partial charge < -0.3 is 9.47 Å². The third kappa shape index (κ3) is 8.12. The van der Waals surface area contributed by atoms with E-state index in [0.29, 0.717) is 24.9 Å². The molecule has 1 fully saturated rings. The standard InChI is InChI=1S/C27H30O2.C6H10O/c1-6-26-20(2)9-7-10-22(26)19-29-25-12-8-11-24(17-25)28-18-21-13-15-23(16-14-21)27(3,4)5;1-2-6(7)5-3-4-5/h6-17H,1,18-19H2,2-5H3;5H,2-4H2,1H3. The van der Waals surface area contributed by atoms with E-state index in [1.807, 2.05) is 43.3 Å². The molecule has 3 heteroatoms. The largest absolute Gasteiger partial charge is 0.489 e. The number of Topliss-reactive ketones (excluding diaryl/α,β-unsaturated/α-hetero) is 1. The first kappa shape index (κ1) is 27.3. The Labute approximate surface area is 217 Å². The topological polar surface area (TPSA) is 35.5 Å². The highest BCUT2D eigenvalue weighted by Gasteiger charge is 2.27. The molecule has 1 aliphatic carbocycles. The van der Waals surface area contributed by atoms with Crippen LogP contribution < -0.4 is 9.47 Å². The second-order valence-corrected chi connectivity index (χ2v) is 10.4. The molecule has 0 aromatic heterocycles. The highest BCUT2D eigenvalue weighted by Crippen LogP contribution is 2.30. The van der Waals surface area contributed by atoms with Gasteiger partial charge in [0.15, 0.2) is 0 Å². The quantitative estimate of drug-likeness (QED) is 0.305. The Bertz CT molecular complexity index is 1150. The van der Waals surface area contributed by atoms with E-state index in [1.54, 1.807) is 0 Å². The third-order valence-corrected chi connectivity index (χ3v) is 6.43. The van der Waals surface area contributed by atoms with Crippen LogP contribution >= 0.6 is 0 Å². The van der Waals surface area contributed by atoms with Crippen LogP contribution in [-0.4, -0.2) is 5.78 Å². The lowest BCUT2D eigenvalue weighted by molar-refractivity contribution is -0.119. The van der Waals surface area contributed by atoms with Gasteiger partial charge in [-0.25, -0.2) is 0 Å². The van der Waals surface area contributed by atoms with Crippen LogP contribution in [0.25, 0.3) is 6.08 Å². The van der Waals surface area contributed by atoms with Crippen molar-refractivity contribution < 1.29 is 14.3 Å². The van der Waals surface area contributed by atoms with Crippen LogP contribution in [0.3, 0.4) is 0 Å². The Morgan fingerprint density at radius 2 is 1.56 bits per heavy atom. The van der Waals surface area contributed by atoms with E-state index < -0.39 is 0 Å². The van der Waals surface area contributed by atoms with Gasteiger partial charge in [-0.1, -0.05) is 88.9 Å². The molecule has 36 heavy (non-hydrogen) atoms. The molecule has 0 atom stereocenters. The molecule has 190 valence electrons. The number of rotatable bonds is 9. The second kappa shape index (κ2) is 12.6. The van der Waals surface area contributed by atoms with Gasteiger partial charge in [0, 0.05) is 18.4 Å². The normalized spacial score (nSPS) is 12.8. The number of carbonyl (C=O) groups is 1. The van der Waals surface area contributed by atoms with Gasteiger partial charge in [-0.15, -0.1) is 0 Å². The minimum Gasteiger partial charge on any atom is -0.489 e. The van der Waals surface area contributed by atoms with E-state index >= 15 is 0 Å². The first-order valence-electron chi connectivity index (χ1n) is 12.9. The summed E-state index contributed by atoms with van der Waals surface area (Å²) in [5.74, 6) is 2.53.